The Morgan fingerprint density at radius 3 is 1.55 bits per heavy atom. The van der Waals surface area contributed by atoms with Crippen LogP contribution >= 0.6 is 0 Å². The van der Waals surface area contributed by atoms with Gasteiger partial charge < -0.3 is 14.5 Å². The first-order chi connectivity index (χ1) is 20.4. The van der Waals surface area contributed by atoms with Crippen LogP contribution in [0.1, 0.15) is 79.0 Å². The molecule has 0 radical (unpaired) electrons. The fourth-order valence-corrected chi connectivity index (χ4v) is 2.48. The highest BCUT2D eigenvalue weighted by Gasteiger charge is 2.23. The maximum Gasteiger partial charge on any atom is 0.269 e. The van der Waals surface area contributed by atoms with Crippen LogP contribution in [-0.4, -0.2) is 29.2 Å². The van der Waals surface area contributed by atoms with Crippen molar-refractivity contribution >= 4 is 24.3 Å². The number of hydrogen-bond acceptors (Lipinski definition) is 8. The van der Waals surface area contributed by atoms with E-state index < -0.39 is 45.9 Å². The molecular weight excluding hydrogens is 584 g/mol. The van der Waals surface area contributed by atoms with Crippen molar-refractivity contribution in [2.75, 3.05) is 0 Å². The Morgan fingerprint density at radius 1 is 0.750 bits per heavy atom. The number of rotatable bonds is 11. The Bertz CT molecular complexity index is 1210. The summed E-state index contributed by atoms with van der Waals surface area (Å²) in [4.78, 5) is 24.7. The molecule has 2 aromatic rings. The summed E-state index contributed by atoms with van der Waals surface area (Å²) in [6.45, 7) is 18.3. The van der Waals surface area contributed by atoms with Crippen molar-refractivity contribution in [3.8, 4) is 0 Å². The third-order valence-electron chi connectivity index (χ3n) is 4.71. The SMILES string of the molecule is CC(C)/C=N/OC(C)(C)C.CC(C)/C=N/OCc1ccc([N+](=O)[O-])cc1.Cc1c(F)c(F)c(CO/N=C/C(C)C)c(F)c1F. The van der Waals surface area contributed by atoms with Gasteiger partial charge in [-0.15, -0.1) is 0 Å². The first kappa shape index (κ1) is 40.0. The van der Waals surface area contributed by atoms with E-state index in [2.05, 4.69) is 34.2 Å². The Balaban J connectivity index is 0.000000657. The highest BCUT2D eigenvalue weighted by atomic mass is 19.2. The van der Waals surface area contributed by atoms with E-state index in [1.165, 1.54) is 18.3 Å². The van der Waals surface area contributed by atoms with Gasteiger partial charge in [-0.05, 0) is 63.1 Å². The summed E-state index contributed by atoms with van der Waals surface area (Å²) in [6.07, 6.45) is 4.90. The molecule has 0 aliphatic heterocycles. The molecule has 0 amide bonds. The van der Waals surface area contributed by atoms with E-state index in [0.717, 1.165) is 12.5 Å². The van der Waals surface area contributed by atoms with Crippen molar-refractivity contribution in [2.24, 2.45) is 33.2 Å². The molecule has 0 unspecified atom stereocenters. The van der Waals surface area contributed by atoms with Crippen LogP contribution in [0.5, 0.6) is 0 Å². The van der Waals surface area contributed by atoms with Crippen molar-refractivity contribution in [2.45, 2.75) is 88.1 Å². The van der Waals surface area contributed by atoms with Crippen molar-refractivity contribution in [1.29, 1.82) is 0 Å². The summed E-state index contributed by atoms with van der Waals surface area (Å²) in [5.74, 6) is -4.84. The normalized spacial score (nSPS) is 11.7. The molecule has 44 heavy (non-hydrogen) atoms. The molecule has 0 heterocycles. The fraction of sp³-hybridized carbons (Fsp3) is 0.516. The minimum Gasteiger partial charge on any atom is -0.391 e. The number of oxime groups is 3. The predicted octanol–water partition coefficient (Wildman–Crippen LogP) is 8.91. The Morgan fingerprint density at radius 2 is 1.16 bits per heavy atom. The maximum absolute atomic E-state index is 13.4. The molecule has 0 aliphatic rings. The lowest BCUT2D eigenvalue weighted by Crippen LogP contribution is -2.15. The van der Waals surface area contributed by atoms with Crippen molar-refractivity contribution in [3.05, 3.63) is 74.3 Å². The zero-order valence-electron chi connectivity index (χ0n) is 27.0. The lowest BCUT2D eigenvalue weighted by atomic mass is 10.1. The molecule has 0 saturated carbocycles. The Labute approximate surface area is 257 Å². The van der Waals surface area contributed by atoms with E-state index in [-0.39, 0.29) is 17.2 Å². The maximum atomic E-state index is 13.4. The van der Waals surface area contributed by atoms with E-state index in [1.54, 1.807) is 24.6 Å². The van der Waals surface area contributed by atoms with Crippen molar-refractivity contribution < 1.29 is 37.0 Å². The zero-order chi connectivity index (χ0) is 34.0. The average molecular weight is 629 g/mol. The van der Waals surface area contributed by atoms with Gasteiger partial charge in [0.15, 0.2) is 23.3 Å². The topological polar surface area (TPSA) is 108 Å². The highest BCUT2D eigenvalue weighted by molar-refractivity contribution is 5.59. The summed E-state index contributed by atoms with van der Waals surface area (Å²) in [5.41, 5.74) is -0.734. The van der Waals surface area contributed by atoms with Gasteiger partial charge in [0.05, 0.1) is 10.5 Å². The lowest BCUT2D eigenvalue weighted by Gasteiger charge is -2.14. The van der Waals surface area contributed by atoms with Crippen LogP contribution in [0.2, 0.25) is 0 Å². The lowest BCUT2D eigenvalue weighted by molar-refractivity contribution is -0.384. The van der Waals surface area contributed by atoms with Gasteiger partial charge in [-0.25, -0.2) is 17.6 Å². The van der Waals surface area contributed by atoms with Gasteiger partial charge in [-0.2, -0.15) is 0 Å². The summed E-state index contributed by atoms with van der Waals surface area (Å²) in [6, 6.07) is 6.21. The number of benzene rings is 2. The molecule has 2 rings (SSSR count). The molecular formula is C31H44F4N4O5. The molecule has 0 N–H and O–H groups in total. The van der Waals surface area contributed by atoms with Gasteiger partial charge in [0.25, 0.3) is 5.69 Å². The van der Waals surface area contributed by atoms with E-state index in [4.69, 9.17) is 9.68 Å². The molecule has 9 nitrogen and oxygen atoms in total. The van der Waals surface area contributed by atoms with Gasteiger partial charge in [-0.3, -0.25) is 10.1 Å². The summed E-state index contributed by atoms with van der Waals surface area (Å²) in [5, 5.41) is 21.4. The molecule has 0 saturated heterocycles. The van der Waals surface area contributed by atoms with Gasteiger partial charge in [0.1, 0.15) is 18.8 Å². The molecule has 0 bridgehead atoms. The average Bonchev–Trinajstić information content (AvgIpc) is 2.92. The molecule has 2 aromatic carbocycles. The largest absolute Gasteiger partial charge is 0.391 e. The molecule has 0 aliphatic carbocycles. The number of hydrogen-bond donors (Lipinski definition) is 0. The number of nitrogens with zero attached hydrogens (tertiary/aromatic N) is 4. The third kappa shape index (κ3) is 17.2. The standard InChI is InChI=1S/C12H13F4NO.C11H14N2O3.C8H17NO/c1-6(2)4-17-18-5-8-11(15)9(13)7(3)10(14)12(8)16;1-9(2)7-12-16-8-10-3-5-11(6-4-10)13(14)15;1-7(2)6-9-10-8(3,4)5/h4,6H,5H2,1-3H3;3-7,9H,8H2,1-2H3;6-7H,1-5H3/b17-4+;12-7+;9-6+. The number of nitro groups is 1. The quantitative estimate of drug-likeness (QED) is 0.0812. The number of halogens is 4. The number of nitro benzene ring substituents is 1. The molecule has 0 spiro atoms. The van der Waals surface area contributed by atoms with Crippen LogP contribution in [0, 0.1) is 58.1 Å². The van der Waals surface area contributed by atoms with Crippen molar-refractivity contribution in [1.82, 2.24) is 0 Å². The minimum absolute atomic E-state index is 0.0782. The van der Waals surface area contributed by atoms with Crippen molar-refractivity contribution in [3.63, 3.8) is 0 Å². The van der Waals surface area contributed by atoms with E-state index in [9.17, 15) is 27.7 Å². The molecule has 13 heteroatoms. The van der Waals surface area contributed by atoms with E-state index in [1.807, 2.05) is 48.5 Å². The van der Waals surface area contributed by atoms with Gasteiger partial charge in [0, 0.05) is 36.3 Å². The first-order valence-corrected chi connectivity index (χ1v) is 13.9. The monoisotopic (exact) mass is 628 g/mol. The fourth-order valence-electron chi connectivity index (χ4n) is 2.48. The molecule has 246 valence electrons. The second-order valence-electron chi connectivity index (χ2n) is 11.5. The van der Waals surface area contributed by atoms with Gasteiger partial charge >= 0.3 is 0 Å². The summed E-state index contributed by atoms with van der Waals surface area (Å²) < 4.78 is 53.1. The van der Waals surface area contributed by atoms with Crippen LogP contribution in [0.15, 0.2) is 39.7 Å². The van der Waals surface area contributed by atoms with Crippen LogP contribution in [-0.2, 0) is 27.7 Å². The Hall–Kier alpha value is -4.03. The van der Waals surface area contributed by atoms with Crippen LogP contribution in [0.25, 0.3) is 0 Å². The van der Waals surface area contributed by atoms with E-state index in [0.29, 0.717) is 18.4 Å². The van der Waals surface area contributed by atoms with Crippen LogP contribution < -0.4 is 0 Å². The first-order valence-electron chi connectivity index (χ1n) is 13.9. The summed E-state index contributed by atoms with van der Waals surface area (Å²) >= 11 is 0. The summed E-state index contributed by atoms with van der Waals surface area (Å²) in [7, 11) is 0. The molecule has 0 atom stereocenters. The molecule has 0 fully saturated rings. The van der Waals surface area contributed by atoms with Crippen LogP contribution in [0.4, 0.5) is 23.2 Å². The van der Waals surface area contributed by atoms with E-state index >= 15 is 0 Å². The minimum atomic E-state index is -1.45. The van der Waals surface area contributed by atoms with Gasteiger partial charge in [0.2, 0.25) is 0 Å². The third-order valence-corrected chi connectivity index (χ3v) is 4.71. The zero-order valence-corrected chi connectivity index (χ0v) is 27.0. The Kier molecular flexibility index (Phi) is 18.2. The second-order valence-corrected chi connectivity index (χ2v) is 11.5. The molecule has 0 aromatic heterocycles. The highest BCUT2D eigenvalue weighted by Crippen LogP contribution is 2.24. The van der Waals surface area contributed by atoms with Crippen LogP contribution in [0.3, 0.4) is 0 Å². The second kappa shape index (κ2) is 20.0. The smallest absolute Gasteiger partial charge is 0.269 e. The number of non-ortho nitro benzene ring substituents is 1. The predicted molar refractivity (Wildman–Crippen MR) is 165 cm³/mol. The van der Waals surface area contributed by atoms with Gasteiger partial charge in [-0.1, -0.05) is 57.0 Å².